The summed E-state index contributed by atoms with van der Waals surface area (Å²) in [4.78, 5) is 9.37. The van der Waals surface area contributed by atoms with Crippen molar-refractivity contribution in [2.24, 2.45) is 0 Å². The van der Waals surface area contributed by atoms with Crippen LogP contribution in [-0.4, -0.2) is 52.3 Å². The van der Waals surface area contributed by atoms with Crippen LogP contribution in [0.5, 0.6) is 11.5 Å². The summed E-state index contributed by atoms with van der Waals surface area (Å²) >= 11 is 0. The number of aromatic nitrogens is 2. The Morgan fingerprint density at radius 1 is 1.20 bits per heavy atom. The summed E-state index contributed by atoms with van der Waals surface area (Å²) in [5, 5.41) is 0. The van der Waals surface area contributed by atoms with Crippen molar-refractivity contribution in [3.63, 3.8) is 0 Å². The summed E-state index contributed by atoms with van der Waals surface area (Å²) in [5.74, 6) is 1.71. The molecular formula is C19H26N4O2. The fourth-order valence-electron chi connectivity index (χ4n) is 3.81. The van der Waals surface area contributed by atoms with E-state index in [-0.39, 0.29) is 0 Å². The molecule has 3 heterocycles. The molecule has 0 saturated carbocycles. The van der Waals surface area contributed by atoms with E-state index in [1.807, 2.05) is 18.6 Å². The number of hydrogen-bond acceptors (Lipinski definition) is 5. The molecule has 2 aliphatic heterocycles. The number of ether oxygens (including phenoxy) is 2. The van der Waals surface area contributed by atoms with Gasteiger partial charge in [0, 0.05) is 32.4 Å². The summed E-state index contributed by atoms with van der Waals surface area (Å²) in [6.45, 7) is 10.9. The molecule has 0 spiro atoms. The minimum atomic E-state index is 0.327. The van der Waals surface area contributed by atoms with Gasteiger partial charge in [0.15, 0.2) is 11.5 Å². The molecule has 6 heteroatoms. The van der Waals surface area contributed by atoms with Gasteiger partial charge in [-0.2, -0.15) is 0 Å². The van der Waals surface area contributed by atoms with Crippen molar-refractivity contribution in [2.45, 2.75) is 33.0 Å². The molecule has 0 amide bonds. The minimum absolute atomic E-state index is 0.327. The van der Waals surface area contributed by atoms with Gasteiger partial charge in [-0.25, -0.2) is 4.98 Å². The highest BCUT2D eigenvalue weighted by molar-refractivity contribution is 5.44. The van der Waals surface area contributed by atoms with E-state index < -0.39 is 0 Å². The fourth-order valence-corrected chi connectivity index (χ4v) is 3.81. The monoisotopic (exact) mass is 342 g/mol. The Balaban J connectivity index is 1.49. The van der Waals surface area contributed by atoms with Crippen LogP contribution >= 0.6 is 0 Å². The highest BCUT2D eigenvalue weighted by atomic mass is 16.7. The Morgan fingerprint density at radius 2 is 2.04 bits per heavy atom. The highest BCUT2D eigenvalue weighted by Crippen LogP contribution is 2.33. The maximum atomic E-state index is 5.51. The first-order valence-electron chi connectivity index (χ1n) is 9.10. The van der Waals surface area contributed by atoms with Crippen LogP contribution in [0.25, 0.3) is 0 Å². The normalized spacial score (nSPS) is 19.4. The molecule has 6 nitrogen and oxygen atoms in total. The van der Waals surface area contributed by atoms with Crippen molar-refractivity contribution in [2.75, 3.05) is 33.0 Å². The van der Waals surface area contributed by atoms with E-state index in [4.69, 9.17) is 9.47 Å². The molecule has 134 valence electrons. The van der Waals surface area contributed by atoms with Gasteiger partial charge in [0.1, 0.15) is 0 Å². The summed E-state index contributed by atoms with van der Waals surface area (Å²) in [6.07, 6.45) is 3.99. The van der Waals surface area contributed by atoms with E-state index in [0.717, 1.165) is 50.8 Å². The average molecular weight is 342 g/mol. The molecule has 25 heavy (non-hydrogen) atoms. The molecule has 2 aromatic rings. The molecule has 0 saturated heterocycles. The number of imidazole rings is 1. The van der Waals surface area contributed by atoms with E-state index in [9.17, 15) is 0 Å². The molecule has 0 bridgehead atoms. The molecule has 2 aliphatic rings. The summed E-state index contributed by atoms with van der Waals surface area (Å²) < 4.78 is 13.3. The average Bonchev–Trinajstić information content (AvgIpc) is 3.27. The van der Waals surface area contributed by atoms with E-state index in [0.29, 0.717) is 12.8 Å². The lowest BCUT2D eigenvalue weighted by molar-refractivity contribution is 0.143. The number of rotatable bonds is 6. The van der Waals surface area contributed by atoms with Gasteiger partial charge >= 0.3 is 0 Å². The minimum Gasteiger partial charge on any atom is -0.454 e. The Bertz CT molecular complexity index is 726. The number of hydrogen-bond donors (Lipinski definition) is 0. The molecule has 1 aromatic heterocycles. The molecule has 0 fully saturated rings. The zero-order valence-corrected chi connectivity index (χ0v) is 15.0. The Labute approximate surface area is 149 Å². The van der Waals surface area contributed by atoms with Gasteiger partial charge in [0.2, 0.25) is 6.79 Å². The quantitative estimate of drug-likeness (QED) is 0.807. The van der Waals surface area contributed by atoms with Gasteiger partial charge in [-0.15, -0.1) is 0 Å². The first-order valence-corrected chi connectivity index (χ1v) is 9.10. The Kier molecular flexibility index (Phi) is 4.63. The number of benzene rings is 1. The second-order valence-corrected chi connectivity index (χ2v) is 6.79. The second kappa shape index (κ2) is 7.06. The smallest absolute Gasteiger partial charge is 0.231 e. The van der Waals surface area contributed by atoms with Crippen LogP contribution in [-0.2, 0) is 13.1 Å². The van der Waals surface area contributed by atoms with Crippen molar-refractivity contribution in [1.29, 1.82) is 0 Å². The molecule has 1 aromatic carbocycles. The third-order valence-electron chi connectivity index (χ3n) is 5.20. The largest absolute Gasteiger partial charge is 0.454 e. The lowest BCUT2D eigenvalue weighted by Gasteiger charge is -2.36. The van der Waals surface area contributed by atoms with Gasteiger partial charge in [0.05, 0.1) is 18.1 Å². The van der Waals surface area contributed by atoms with E-state index in [2.05, 4.69) is 45.3 Å². The molecule has 4 rings (SSSR count). The van der Waals surface area contributed by atoms with Crippen LogP contribution < -0.4 is 9.47 Å². The zero-order valence-electron chi connectivity index (χ0n) is 15.0. The van der Waals surface area contributed by atoms with Crippen molar-refractivity contribution in [3.05, 3.63) is 42.0 Å². The summed E-state index contributed by atoms with van der Waals surface area (Å²) in [7, 11) is 0. The maximum absolute atomic E-state index is 5.51. The van der Waals surface area contributed by atoms with Crippen molar-refractivity contribution >= 4 is 0 Å². The predicted molar refractivity (Wildman–Crippen MR) is 95.7 cm³/mol. The van der Waals surface area contributed by atoms with Crippen LogP contribution in [0.15, 0.2) is 30.7 Å². The molecule has 1 atom stereocenters. The summed E-state index contributed by atoms with van der Waals surface area (Å²) in [5.41, 5.74) is 2.56. The lowest BCUT2D eigenvalue weighted by atomic mass is 10.1. The topological polar surface area (TPSA) is 42.8 Å². The Morgan fingerprint density at radius 3 is 2.88 bits per heavy atom. The molecular weight excluding hydrogens is 316 g/mol. The molecule has 0 aliphatic carbocycles. The summed E-state index contributed by atoms with van der Waals surface area (Å²) in [6, 6.07) is 6.70. The first-order chi connectivity index (χ1) is 12.3. The number of nitrogens with zero attached hydrogens (tertiary/aromatic N) is 4. The van der Waals surface area contributed by atoms with Crippen LogP contribution in [0.2, 0.25) is 0 Å². The van der Waals surface area contributed by atoms with Crippen molar-refractivity contribution in [3.8, 4) is 11.5 Å². The SMILES string of the molecule is CCN(CC)C[C@@H]1CN(Cc2ccc3c(c2)OCO3)Cc2cncn21. The fraction of sp³-hybridized carbons (Fsp3) is 0.526. The lowest BCUT2D eigenvalue weighted by Crippen LogP contribution is -2.42. The second-order valence-electron chi connectivity index (χ2n) is 6.79. The third kappa shape index (κ3) is 3.37. The number of likely N-dealkylation sites (N-methyl/N-ethyl adjacent to an activating group) is 1. The van der Waals surface area contributed by atoms with E-state index in [1.165, 1.54) is 11.3 Å². The van der Waals surface area contributed by atoms with Crippen LogP contribution in [0, 0.1) is 0 Å². The van der Waals surface area contributed by atoms with Crippen LogP contribution in [0.1, 0.15) is 31.1 Å². The van der Waals surface area contributed by atoms with Gasteiger partial charge in [-0.05, 0) is 30.8 Å². The highest BCUT2D eigenvalue weighted by Gasteiger charge is 2.26. The van der Waals surface area contributed by atoms with Gasteiger partial charge in [-0.3, -0.25) is 4.90 Å². The van der Waals surface area contributed by atoms with Crippen molar-refractivity contribution in [1.82, 2.24) is 19.4 Å². The zero-order chi connectivity index (χ0) is 17.2. The van der Waals surface area contributed by atoms with E-state index >= 15 is 0 Å². The van der Waals surface area contributed by atoms with Gasteiger partial charge < -0.3 is 18.9 Å². The van der Waals surface area contributed by atoms with Crippen LogP contribution in [0.4, 0.5) is 0 Å². The van der Waals surface area contributed by atoms with Crippen molar-refractivity contribution < 1.29 is 9.47 Å². The molecule has 0 N–H and O–H groups in total. The van der Waals surface area contributed by atoms with E-state index in [1.54, 1.807) is 0 Å². The van der Waals surface area contributed by atoms with Crippen LogP contribution in [0.3, 0.4) is 0 Å². The van der Waals surface area contributed by atoms with Gasteiger partial charge in [0.25, 0.3) is 0 Å². The predicted octanol–water partition coefficient (Wildman–Crippen LogP) is 2.51. The molecule has 0 radical (unpaired) electrons. The standard InChI is InChI=1S/C19H26N4O2/c1-3-21(4-2)11-17-12-22(10-16-8-20-13-23(16)17)9-15-5-6-18-19(7-15)25-14-24-18/h5-8,13,17H,3-4,9-12,14H2,1-2H3/t17-/m1/s1. The first kappa shape index (κ1) is 16.4. The number of fused-ring (bicyclic) bond motifs is 2. The van der Waals surface area contributed by atoms with Gasteiger partial charge in [-0.1, -0.05) is 19.9 Å². The molecule has 0 unspecified atom stereocenters. The Hall–Kier alpha value is -2.05. The third-order valence-corrected chi connectivity index (χ3v) is 5.20. The maximum Gasteiger partial charge on any atom is 0.231 e.